The molecule has 2 unspecified atom stereocenters. The minimum Gasteiger partial charge on any atom is -0.459 e. The van der Waals surface area contributed by atoms with E-state index in [1.807, 2.05) is 6.26 Å². The number of ketones is 1. The van der Waals surface area contributed by atoms with Gasteiger partial charge < -0.3 is 44.3 Å². The number of aliphatic hydroxyl groups excluding tert-OH is 1. The maximum absolute atomic E-state index is 14.7. The van der Waals surface area contributed by atoms with Gasteiger partial charge in [0, 0.05) is 45.1 Å². The average molecular weight is 658 g/mol. The van der Waals surface area contributed by atoms with Gasteiger partial charge in [-0.2, -0.15) is 0 Å². The summed E-state index contributed by atoms with van der Waals surface area (Å²) in [7, 11) is 1.29. The molecular formula is C31H47NO12S. The SMILES string of the molecule is CO[C@@H](C(=O)O[C@H]1C[C@@]2(O)[C@@H](OC(C)=O)[C@@H]3[C@]4(O)COC4CC(OCSC)[C@@]3(C)C(=O)[C@H](O)C(=C1C)C2(C)C)[C@H](C)NC(C)=O. The fraction of sp³-hybridized carbons (Fsp3) is 0.806. The lowest BCUT2D eigenvalue weighted by Crippen LogP contribution is -2.81. The molecule has 13 nitrogen and oxygen atoms in total. The Morgan fingerprint density at radius 1 is 1.16 bits per heavy atom. The molecule has 0 aromatic heterocycles. The molecule has 2 bridgehead atoms. The van der Waals surface area contributed by atoms with Crippen LogP contribution in [0.3, 0.4) is 0 Å². The van der Waals surface area contributed by atoms with Crippen LogP contribution in [-0.4, -0.2) is 119 Å². The molecule has 0 aromatic rings. The zero-order chi connectivity index (χ0) is 33.9. The Balaban J connectivity index is 1.92. The summed E-state index contributed by atoms with van der Waals surface area (Å²) in [6.45, 7) is 10.3. The molecule has 1 amide bonds. The number of hydrogen-bond acceptors (Lipinski definition) is 13. The molecule has 2 saturated carbocycles. The lowest BCUT2D eigenvalue weighted by atomic mass is 9.44. The minimum absolute atomic E-state index is 0.113. The number of ether oxygens (including phenoxy) is 5. The molecular weight excluding hydrogens is 610 g/mol. The predicted octanol–water partition coefficient (Wildman–Crippen LogP) is 0.652. The molecule has 11 atom stereocenters. The molecule has 0 spiro atoms. The van der Waals surface area contributed by atoms with Crippen molar-refractivity contribution in [3.63, 3.8) is 0 Å². The van der Waals surface area contributed by atoms with Crippen molar-refractivity contribution < 1.29 is 58.2 Å². The first-order chi connectivity index (χ1) is 20.8. The largest absolute Gasteiger partial charge is 0.459 e. The number of fused-ring (bicyclic) bond motifs is 5. The number of aliphatic hydroxyl groups is 3. The Bertz CT molecular complexity index is 1250. The molecule has 4 aliphatic rings. The monoisotopic (exact) mass is 657 g/mol. The number of nitrogens with one attached hydrogen (secondary N) is 1. The molecule has 14 heteroatoms. The lowest BCUT2D eigenvalue weighted by molar-refractivity contribution is -0.347. The zero-order valence-electron chi connectivity index (χ0n) is 27.4. The molecule has 4 rings (SSSR count). The molecule has 4 N–H and O–H groups in total. The van der Waals surface area contributed by atoms with Crippen molar-refractivity contribution >= 4 is 35.4 Å². The summed E-state index contributed by atoms with van der Waals surface area (Å²) in [5.41, 5.74) is -6.42. The standard InChI is InChI=1S/C31H47NO12S/c1-14-18(44-27(37)23(40-8)15(2)32-16(3)33)11-31(39)26(43-17(4)34)24-29(7,25(36)22(35)21(14)28(31,5)6)19(42-13-45-9)10-20-30(24,38)12-41-20/h15,18-20,22-24,26,35,38-39H,10-13H2,1-9H3,(H,32,33)/t15-,18-,19?,20?,22+,23+,24-,26-,29+,30-,31+/m0/s1. The van der Waals surface area contributed by atoms with Crippen molar-refractivity contribution in [1.29, 1.82) is 0 Å². The average Bonchev–Trinajstić information content (AvgIpc) is 2.92. The highest BCUT2D eigenvalue weighted by Gasteiger charge is 2.76. The minimum atomic E-state index is -2.09. The molecule has 3 aliphatic carbocycles. The van der Waals surface area contributed by atoms with Crippen LogP contribution in [0.5, 0.6) is 0 Å². The van der Waals surface area contributed by atoms with Crippen LogP contribution in [0, 0.1) is 16.7 Å². The van der Waals surface area contributed by atoms with Gasteiger partial charge in [-0.25, -0.2) is 4.79 Å². The fourth-order valence-electron chi connectivity index (χ4n) is 8.28. The van der Waals surface area contributed by atoms with Crippen LogP contribution in [0.4, 0.5) is 0 Å². The third kappa shape index (κ3) is 5.53. The van der Waals surface area contributed by atoms with E-state index in [1.54, 1.807) is 34.6 Å². The predicted molar refractivity (Wildman–Crippen MR) is 161 cm³/mol. The molecule has 3 fully saturated rings. The van der Waals surface area contributed by atoms with Crippen LogP contribution in [0.2, 0.25) is 0 Å². The number of rotatable bonds is 9. The second-order valence-electron chi connectivity index (χ2n) is 13.6. The number of carbonyl (C=O) groups excluding carboxylic acids is 4. The summed E-state index contributed by atoms with van der Waals surface area (Å²) in [5, 5.41) is 39.6. The summed E-state index contributed by atoms with van der Waals surface area (Å²) < 4.78 is 29.1. The normalized spacial score (nSPS) is 40.0. The quantitative estimate of drug-likeness (QED) is 0.154. The number of hydrogen-bond donors (Lipinski definition) is 4. The van der Waals surface area contributed by atoms with E-state index in [4.69, 9.17) is 23.7 Å². The second-order valence-corrected chi connectivity index (χ2v) is 14.4. The summed E-state index contributed by atoms with van der Waals surface area (Å²) in [4.78, 5) is 52.5. The molecule has 1 heterocycles. The van der Waals surface area contributed by atoms with Crippen LogP contribution >= 0.6 is 11.8 Å². The Morgan fingerprint density at radius 3 is 2.31 bits per heavy atom. The van der Waals surface area contributed by atoms with E-state index >= 15 is 0 Å². The van der Waals surface area contributed by atoms with Gasteiger partial charge in [0.15, 0.2) is 11.9 Å². The van der Waals surface area contributed by atoms with Crippen molar-refractivity contribution in [2.24, 2.45) is 16.7 Å². The molecule has 254 valence electrons. The van der Waals surface area contributed by atoms with Crippen LogP contribution in [0.1, 0.15) is 61.3 Å². The number of Topliss-reactive ketones (excluding diaryl/α,β-unsaturated/α-hetero) is 1. The van der Waals surface area contributed by atoms with Gasteiger partial charge in [0.25, 0.3) is 0 Å². The Kier molecular flexibility index (Phi) is 9.95. The smallest absolute Gasteiger partial charge is 0.337 e. The maximum atomic E-state index is 14.7. The number of amides is 1. The van der Waals surface area contributed by atoms with Gasteiger partial charge in [-0.1, -0.05) is 13.8 Å². The number of esters is 2. The molecule has 0 radical (unpaired) electrons. The van der Waals surface area contributed by atoms with E-state index in [9.17, 15) is 34.5 Å². The summed E-state index contributed by atoms with van der Waals surface area (Å²) in [5.74, 6) is -3.76. The maximum Gasteiger partial charge on any atom is 0.337 e. The van der Waals surface area contributed by atoms with Gasteiger partial charge in [-0.05, 0) is 38.2 Å². The summed E-state index contributed by atoms with van der Waals surface area (Å²) >= 11 is 1.38. The van der Waals surface area contributed by atoms with Gasteiger partial charge in [0.2, 0.25) is 5.91 Å². The van der Waals surface area contributed by atoms with Crippen molar-refractivity contribution in [2.75, 3.05) is 25.9 Å². The van der Waals surface area contributed by atoms with E-state index in [-0.39, 0.29) is 36.9 Å². The van der Waals surface area contributed by atoms with Crippen molar-refractivity contribution in [2.45, 2.75) is 115 Å². The Morgan fingerprint density at radius 2 is 1.80 bits per heavy atom. The Labute approximate surface area is 267 Å². The third-order valence-corrected chi connectivity index (χ3v) is 11.0. The lowest BCUT2D eigenvalue weighted by Gasteiger charge is -2.67. The van der Waals surface area contributed by atoms with Gasteiger partial charge in [0.05, 0.1) is 36.2 Å². The van der Waals surface area contributed by atoms with Gasteiger partial charge in [-0.3, -0.25) is 14.4 Å². The summed E-state index contributed by atoms with van der Waals surface area (Å²) in [6.07, 6.45) is -5.74. The van der Waals surface area contributed by atoms with Crippen LogP contribution in [-0.2, 0) is 42.9 Å². The first kappa shape index (κ1) is 35.8. The van der Waals surface area contributed by atoms with Crippen LogP contribution in [0.15, 0.2) is 11.1 Å². The Hall–Kier alpha value is -2.07. The molecule has 45 heavy (non-hydrogen) atoms. The van der Waals surface area contributed by atoms with E-state index in [1.165, 1.54) is 32.7 Å². The topological polar surface area (TPSA) is 187 Å². The van der Waals surface area contributed by atoms with Gasteiger partial charge >= 0.3 is 11.9 Å². The number of thioether (sulfide) groups is 1. The first-order valence-corrected chi connectivity index (χ1v) is 16.5. The molecule has 1 aliphatic heterocycles. The second kappa shape index (κ2) is 12.5. The van der Waals surface area contributed by atoms with Gasteiger partial charge in [-0.15, -0.1) is 11.8 Å². The van der Waals surface area contributed by atoms with E-state index in [2.05, 4.69) is 5.32 Å². The van der Waals surface area contributed by atoms with Crippen LogP contribution < -0.4 is 5.32 Å². The van der Waals surface area contributed by atoms with E-state index < -0.39 is 88.3 Å². The number of methoxy groups -OCH3 is 1. The zero-order valence-corrected chi connectivity index (χ0v) is 28.2. The van der Waals surface area contributed by atoms with Crippen molar-refractivity contribution in [1.82, 2.24) is 5.32 Å². The van der Waals surface area contributed by atoms with Gasteiger partial charge in [0.1, 0.15) is 29.5 Å². The van der Waals surface area contributed by atoms with Crippen molar-refractivity contribution in [3.05, 3.63) is 11.1 Å². The molecule has 0 aromatic carbocycles. The molecule has 1 saturated heterocycles. The fourth-order valence-corrected chi connectivity index (χ4v) is 8.58. The van der Waals surface area contributed by atoms with Crippen molar-refractivity contribution in [3.8, 4) is 0 Å². The third-order valence-electron chi connectivity index (χ3n) is 10.7. The van der Waals surface area contributed by atoms with E-state index in [0.717, 1.165) is 0 Å². The highest BCUT2D eigenvalue weighted by atomic mass is 32.2. The summed E-state index contributed by atoms with van der Waals surface area (Å²) in [6, 6.07) is -0.770. The highest BCUT2D eigenvalue weighted by Crippen LogP contribution is 2.63. The van der Waals surface area contributed by atoms with Crippen LogP contribution in [0.25, 0.3) is 0 Å². The first-order valence-electron chi connectivity index (χ1n) is 15.1. The van der Waals surface area contributed by atoms with E-state index in [0.29, 0.717) is 5.57 Å². The highest BCUT2D eigenvalue weighted by molar-refractivity contribution is 7.98. The number of carbonyl (C=O) groups is 4.